The summed E-state index contributed by atoms with van der Waals surface area (Å²) in [6.45, 7) is 3.90. The molecular weight excluding hydrogens is 128 g/mol. The van der Waals surface area contributed by atoms with Gasteiger partial charge in [0.25, 0.3) is 0 Å². The first kappa shape index (κ1) is 7.28. The van der Waals surface area contributed by atoms with E-state index < -0.39 is 0 Å². The van der Waals surface area contributed by atoms with E-state index in [0.29, 0.717) is 0 Å². The van der Waals surface area contributed by atoms with Crippen molar-refractivity contribution in [1.29, 1.82) is 0 Å². The molecule has 1 rings (SSSR count). The van der Waals surface area contributed by atoms with Gasteiger partial charge in [-0.2, -0.15) is 0 Å². The number of aromatic nitrogens is 2. The fourth-order valence-corrected chi connectivity index (χ4v) is 1.04. The van der Waals surface area contributed by atoms with Gasteiger partial charge in [0.05, 0.1) is 18.0 Å². The number of hydrogen-bond acceptors (Lipinski definition) is 2. The van der Waals surface area contributed by atoms with Crippen LogP contribution in [0.15, 0.2) is 0 Å². The molecule has 1 aromatic heterocycles. The third-order valence-corrected chi connectivity index (χ3v) is 1.79. The summed E-state index contributed by atoms with van der Waals surface area (Å²) in [6.07, 6.45) is 0. The topological polar surface area (TPSA) is 38.0 Å². The first-order valence-corrected chi connectivity index (χ1v) is 3.26. The summed E-state index contributed by atoms with van der Waals surface area (Å²) in [7, 11) is 1.90. The van der Waals surface area contributed by atoms with Crippen molar-refractivity contribution in [2.75, 3.05) is 0 Å². The number of nitrogens with zero attached hydrogens (tertiary/aromatic N) is 2. The Labute approximate surface area is 60.3 Å². The van der Waals surface area contributed by atoms with E-state index in [2.05, 4.69) is 4.98 Å². The van der Waals surface area contributed by atoms with Crippen LogP contribution >= 0.6 is 0 Å². The molecule has 3 nitrogen and oxygen atoms in total. The van der Waals surface area contributed by atoms with Gasteiger partial charge in [0.2, 0.25) is 0 Å². The number of rotatable bonds is 1. The molecule has 3 heteroatoms. The van der Waals surface area contributed by atoms with Crippen LogP contribution in [-0.2, 0) is 13.7 Å². The molecule has 0 aromatic carbocycles. The smallest absolute Gasteiger partial charge is 0.105 e. The summed E-state index contributed by atoms with van der Waals surface area (Å²) >= 11 is 0. The zero-order chi connectivity index (χ0) is 7.72. The van der Waals surface area contributed by atoms with E-state index in [1.54, 1.807) is 0 Å². The molecule has 0 aliphatic rings. The van der Waals surface area contributed by atoms with Crippen molar-refractivity contribution >= 4 is 0 Å². The minimum Gasteiger partial charge on any atom is -0.390 e. The van der Waals surface area contributed by atoms with Gasteiger partial charge < -0.3 is 9.67 Å². The van der Waals surface area contributed by atoms with E-state index in [0.717, 1.165) is 17.2 Å². The molecule has 0 saturated heterocycles. The minimum atomic E-state index is 0.0726. The number of aliphatic hydroxyl groups excluding tert-OH is 1. The number of aliphatic hydroxyl groups is 1. The maximum absolute atomic E-state index is 8.85. The monoisotopic (exact) mass is 140 g/mol. The van der Waals surface area contributed by atoms with Crippen molar-refractivity contribution in [2.24, 2.45) is 7.05 Å². The van der Waals surface area contributed by atoms with Crippen molar-refractivity contribution in [1.82, 2.24) is 9.55 Å². The molecule has 0 bridgehead atoms. The van der Waals surface area contributed by atoms with Gasteiger partial charge in [0.1, 0.15) is 5.82 Å². The second kappa shape index (κ2) is 2.42. The lowest BCUT2D eigenvalue weighted by molar-refractivity contribution is 0.271. The van der Waals surface area contributed by atoms with Crippen molar-refractivity contribution < 1.29 is 5.11 Å². The molecule has 0 amide bonds. The Morgan fingerprint density at radius 2 is 2.10 bits per heavy atom. The highest BCUT2D eigenvalue weighted by atomic mass is 16.3. The van der Waals surface area contributed by atoms with Gasteiger partial charge in [0.15, 0.2) is 0 Å². The predicted molar refractivity (Wildman–Crippen MR) is 38.6 cm³/mol. The Hall–Kier alpha value is -0.830. The van der Waals surface area contributed by atoms with Crippen molar-refractivity contribution in [3.63, 3.8) is 0 Å². The summed E-state index contributed by atoms with van der Waals surface area (Å²) < 4.78 is 1.90. The molecule has 10 heavy (non-hydrogen) atoms. The average molecular weight is 140 g/mol. The summed E-state index contributed by atoms with van der Waals surface area (Å²) in [5, 5.41) is 8.85. The van der Waals surface area contributed by atoms with Crippen LogP contribution in [0.1, 0.15) is 17.2 Å². The fraction of sp³-hybridized carbons (Fsp3) is 0.571. The zero-order valence-corrected chi connectivity index (χ0v) is 6.55. The molecule has 0 radical (unpaired) electrons. The molecule has 56 valence electrons. The Morgan fingerprint density at radius 1 is 1.50 bits per heavy atom. The van der Waals surface area contributed by atoms with Gasteiger partial charge in [-0.3, -0.25) is 0 Å². The zero-order valence-electron chi connectivity index (χ0n) is 6.55. The maximum atomic E-state index is 8.85. The number of aryl methyl sites for hydroxylation is 2. The SMILES string of the molecule is Cc1nc(C)n(C)c1CO. The van der Waals surface area contributed by atoms with Crippen LogP contribution in [0, 0.1) is 13.8 Å². The fourth-order valence-electron chi connectivity index (χ4n) is 1.04. The summed E-state index contributed by atoms with van der Waals surface area (Å²) in [5.41, 5.74) is 1.82. The van der Waals surface area contributed by atoms with Gasteiger partial charge in [-0.25, -0.2) is 4.98 Å². The van der Waals surface area contributed by atoms with E-state index in [9.17, 15) is 0 Å². The molecular formula is C7H12N2O. The lowest BCUT2D eigenvalue weighted by atomic mass is 10.4. The molecule has 0 atom stereocenters. The van der Waals surface area contributed by atoms with Crippen LogP contribution in [0.5, 0.6) is 0 Å². The van der Waals surface area contributed by atoms with Gasteiger partial charge in [0, 0.05) is 7.05 Å². The molecule has 0 spiro atoms. The standard InChI is InChI=1S/C7H12N2O/c1-5-7(4-10)9(3)6(2)8-5/h10H,4H2,1-3H3. The maximum Gasteiger partial charge on any atom is 0.105 e. The quantitative estimate of drug-likeness (QED) is 0.618. The van der Waals surface area contributed by atoms with Crippen LogP contribution in [-0.4, -0.2) is 14.7 Å². The third kappa shape index (κ3) is 0.926. The molecule has 0 unspecified atom stereocenters. The number of imidazole rings is 1. The second-order valence-corrected chi connectivity index (χ2v) is 2.41. The van der Waals surface area contributed by atoms with Crippen LogP contribution < -0.4 is 0 Å². The minimum absolute atomic E-state index is 0.0726. The first-order chi connectivity index (χ1) is 4.66. The molecule has 1 N–H and O–H groups in total. The van der Waals surface area contributed by atoms with E-state index in [1.165, 1.54) is 0 Å². The van der Waals surface area contributed by atoms with Crippen LogP contribution in [0.25, 0.3) is 0 Å². The Bertz CT molecular complexity index is 240. The Balaban J connectivity index is 3.20. The summed E-state index contributed by atoms with van der Waals surface area (Å²) in [5.74, 6) is 0.946. The van der Waals surface area contributed by atoms with E-state index >= 15 is 0 Å². The van der Waals surface area contributed by atoms with Gasteiger partial charge in [-0.15, -0.1) is 0 Å². The average Bonchev–Trinajstić information content (AvgIpc) is 2.09. The van der Waals surface area contributed by atoms with Crippen molar-refractivity contribution in [2.45, 2.75) is 20.5 Å². The van der Waals surface area contributed by atoms with Gasteiger partial charge >= 0.3 is 0 Å². The lowest BCUT2D eigenvalue weighted by Crippen LogP contribution is -1.98. The summed E-state index contributed by atoms with van der Waals surface area (Å²) in [4.78, 5) is 4.18. The van der Waals surface area contributed by atoms with Crippen molar-refractivity contribution in [3.8, 4) is 0 Å². The van der Waals surface area contributed by atoms with Crippen molar-refractivity contribution in [3.05, 3.63) is 17.2 Å². The molecule has 1 heterocycles. The van der Waals surface area contributed by atoms with Gasteiger partial charge in [-0.1, -0.05) is 0 Å². The third-order valence-electron chi connectivity index (χ3n) is 1.79. The van der Waals surface area contributed by atoms with Crippen LogP contribution in [0.4, 0.5) is 0 Å². The molecule has 0 aliphatic heterocycles. The predicted octanol–water partition coefficient (Wildman–Crippen LogP) is 0.529. The number of hydrogen-bond donors (Lipinski definition) is 1. The summed E-state index contributed by atoms with van der Waals surface area (Å²) in [6, 6.07) is 0. The normalized spacial score (nSPS) is 10.4. The largest absolute Gasteiger partial charge is 0.390 e. The second-order valence-electron chi connectivity index (χ2n) is 2.41. The van der Waals surface area contributed by atoms with E-state index in [-0.39, 0.29) is 6.61 Å². The Morgan fingerprint density at radius 3 is 2.30 bits per heavy atom. The highest BCUT2D eigenvalue weighted by Crippen LogP contribution is 2.07. The highest BCUT2D eigenvalue weighted by Gasteiger charge is 2.05. The lowest BCUT2D eigenvalue weighted by Gasteiger charge is -1.98. The van der Waals surface area contributed by atoms with Crippen LogP contribution in [0.2, 0.25) is 0 Å². The van der Waals surface area contributed by atoms with Crippen LogP contribution in [0.3, 0.4) is 0 Å². The first-order valence-electron chi connectivity index (χ1n) is 3.26. The molecule has 0 aliphatic carbocycles. The molecule has 0 fully saturated rings. The van der Waals surface area contributed by atoms with E-state index in [1.807, 2.05) is 25.5 Å². The highest BCUT2D eigenvalue weighted by molar-refractivity contribution is 5.13. The Kier molecular flexibility index (Phi) is 1.76. The van der Waals surface area contributed by atoms with E-state index in [4.69, 9.17) is 5.11 Å². The molecule has 0 saturated carbocycles. The van der Waals surface area contributed by atoms with Gasteiger partial charge in [-0.05, 0) is 13.8 Å². The molecule has 1 aromatic rings.